The van der Waals surface area contributed by atoms with E-state index in [-0.39, 0.29) is 23.8 Å². The van der Waals surface area contributed by atoms with Crippen molar-refractivity contribution in [2.45, 2.75) is 18.9 Å². The summed E-state index contributed by atoms with van der Waals surface area (Å²) >= 11 is 0. The summed E-state index contributed by atoms with van der Waals surface area (Å²) in [5.41, 5.74) is 3.07. The Labute approximate surface area is 150 Å². The number of H-pyrrole nitrogens is 1. The van der Waals surface area contributed by atoms with E-state index in [0.29, 0.717) is 24.0 Å². The van der Waals surface area contributed by atoms with Gasteiger partial charge in [-0.25, -0.2) is 0 Å². The molecule has 0 radical (unpaired) electrons. The molecule has 1 saturated heterocycles. The van der Waals surface area contributed by atoms with E-state index >= 15 is 0 Å². The van der Waals surface area contributed by atoms with E-state index in [2.05, 4.69) is 20.7 Å². The predicted molar refractivity (Wildman–Crippen MR) is 97.2 cm³/mol. The second-order valence-electron chi connectivity index (χ2n) is 6.52. The number of rotatable bonds is 3. The van der Waals surface area contributed by atoms with Crippen LogP contribution in [0.4, 0.5) is 5.69 Å². The lowest BCUT2D eigenvalue weighted by atomic mass is 9.84. The minimum Gasteiger partial charge on any atom is -0.338 e. The molecule has 3 aromatic rings. The highest BCUT2D eigenvalue weighted by Gasteiger charge is 2.38. The van der Waals surface area contributed by atoms with E-state index in [1.165, 1.54) is 0 Å². The second-order valence-corrected chi connectivity index (χ2v) is 6.52. The van der Waals surface area contributed by atoms with Crippen molar-refractivity contribution < 1.29 is 9.59 Å². The molecule has 1 aliphatic heterocycles. The van der Waals surface area contributed by atoms with Gasteiger partial charge in [0.15, 0.2) is 0 Å². The molecule has 132 valence electrons. The summed E-state index contributed by atoms with van der Waals surface area (Å²) in [5.74, 6) is -0.346. The summed E-state index contributed by atoms with van der Waals surface area (Å²) < 4.78 is 0. The predicted octanol–water partition coefficient (Wildman–Crippen LogP) is 2.51. The van der Waals surface area contributed by atoms with Crippen LogP contribution in [0.3, 0.4) is 0 Å². The first-order chi connectivity index (χ1) is 12.6. The number of hydrogen-bond donors (Lipinski definition) is 2. The van der Waals surface area contributed by atoms with E-state index in [1.807, 2.05) is 30.3 Å². The number of amides is 2. The van der Waals surface area contributed by atoms with Crippen molar-refractivity contribution in [3.05, 3.63) is 54.1 Å². The Bertz CT molecular complexity index is 953. The van der Waals surface area contributed by atoms with Crippen LogP contribution in [0.2, 0.25) is 0 Å². The Morgan fingerprint density at radius 2 is 1.92 bits per heavy atom. The van der Waals surface area contributed by atoms with Crippen molar-refractivity contribution in [3.8, 4) is 0 Å². The molecule has 1 fully saturated rings. The molecule has 2 aromatic carbocycles. The van der Waals surface area contributed by atoms with Crippen LogP contribution in [0.1, 0.15) is 24.4 Å². The zero-order chi connectivity index (χ0) is 18.1. The number of hydrogen-bond acceptors (Lipinski definition) is 4. The van der Waals surface area contributed by atoms with Gasteiger partial charge in [0.25, 0.3) is 0 Å². The Balaban J connectivity index is 1.60. The molecule has 7 nitrogen and oxygen atoms in total. The first-order valence-electron chi connectivity index (χ1n) is 8.55. The number of fused-ring (bicyclic) bond motifs is 1. The summed E-state index contributed by atoms with van der Waals surface area (Å²) in [7, 11) is 1.76. The molecular weight excluding hydrogens is 330 g/mol. The summed E-state index contributed by atoms with van der Waals surface area (Å²) in [6, 6.07) is 14.8. The smallest absolute Gasteiger partial charge is 0.229 e. The Morgan fingerprint density at radius 3 is 2.73 bits per heavy atom. The molecular formula is C19H19N5O2. The third kappa shape index (κ3) is 2.92. The van der Waals surface area contributed by atoms with E-state index in [9.17, 15) is 9.59 Å². The monoisotopic (exact) mass is 349 g/mol. The molecule has 26 heavy (non-hydrogen) atoms. The number of nitrogens with one attached hydrogen (secondary N) is 2. The van der Waals surface area contributed by atoms with Gasteiger partial charge in [-0.2, -0.15) is 15.4 Å². The minimum atomic E-state index is -0.312. The second kappa shape index (κ2) is 6.59. The van der Waals surface area contributed by atoms with Crippen molar-refractivity contribution in [2.75, 3.05) is 12.4 Å². The maximum absolute atomic E-state index is 13.0. The van der Waals surface area contributed by atoms with Gasteiger partial charge in [-0.05, 0) is 30.2 Å². The van der Waals surface area contributed by atoms with Gasteiger partial charge < -0.3 is 10.2 Å². The van der Waals surface area contributed by atoms with Crippen molar-refractivity contribution in [3.63, 3.8) is 0 Å². The number of piperidine rings is 1. The molecule has 2 N–H and O–H groups in total. The fraction of sp³-hybridized carbons (Fsp3) is 0.263. The molecule has 1 aliphatic rings. The molecule has 1 aromatic heterocycles. The van der Waals surface area contributed by atoms with Gasteiger partial charge in [0.2, 0.25) is 11.8 Å². The average molecular weight is 349 g/mol. The number of nitrogens with zero attached hydrogens (tertiary/aromatic N) is 3. The Hall–Kier alpha value is -3.22. The summed E-state index contributed by atoms with van der Waals surface area (Å²) in [6.07, 6.45) is 0.904. The number of carbonyl (C=O) groups excluding carboxylic acids is 2. The molecule has 0 spiro atoms. The molecule has 0 saturated carbocycles. The number of carbonyl (C=O) groups is 2. The first-order valence-corrected chi connectivity index (χ1v) is 8.55. The van der Waals surface area contributed by atoms with Crippen molar-refractivity contribution >= 4 is 28.5 Å². The Kier molecular flexibility index (Phi) is 4.12. The van der Waals surface area contributed by atoms with Crippen LogP contribution in [0, 0.1) is 5.92 Å². The van der Waals surface area contributed by atoms with Gasteiger partial charge in [0, 0.05) is 19.2 Å². The van der Waals surface area contributed by atoms with Crippen LogP contribution in [0.15, 0.2) is 48.5 Å². The topological polar surface area (TPSA) is 91.0 Å². The van der Waals surface area contributed by atoms with Crippen molar-refractivity contribution in [1.82, 2.24) is 20.3 Å². The summed E-state index contributed by atoms with van der Waals surface area (Å²) in [5, 5.41) is 13.6. The number of anilines is 1. The van der Waals surface area contributed by atoms with Gasteiger partial charge in [0.1, 0.15) is 11.0 Å². The summed E-state index contributed by atoms with van der Waals surface area (Å²) in [6.45, 7) is 0. The Morgan fingerprint density at radius 1 is 1.15 bits per heavy atom. The third-order valence-electron chi connectivity index (χ3n) is 4.92. The van der Waals surface area contributed by atoms with Crippen molar-refractivity contribution in [1.29, 1.82) is 0 Å². The lowest BCUT2D eigenvalue weighted by Gasteiger charge is -2.38. The van der Waals surface area contributed by atoms with E-state index < -0.39 is 0 Å². The molecule has 2 atom stereocenters. The largest absolute Gasteiger partial charge is 0.338 e. The van der Waals surface area contributed by atoms with E-state index in [0.717, 1.165) is 11.1 Å². The zero-order valence-corrected chi connectivity index (χ0v) is 14.3. The number of aromatic amines is 1. The minimum absolute atomic E-state index is 0.0620. The van der Waals surface area contributed by atoms with E-state index in [4.69, 9.17) is 0 Å². The molecule has 0 bridgehead atoms. The standard InChI is InChI=1S/C19H19N5O2/c1-24-17(25)10-8-14(18(24)12-5-3-2-4-6-12)19(26)20-13-7-9-15-16(11-13)22-23-21-15/h2-7,9,11,14,18H,8,10H2,1H3,(H,20,26)(H,21,22,23)/t14-,18-/m0/s1. The average Bonchev–Trinajstić information content (AvgIpc) is 3.12. The fourth-order valence-electron chi connectivity index (χ4n) is 3.57. The van der Waals surface area contributed by atoms with Crippen molar-refractivity contribution in [2.24, 2.45) is 5.92 Å². The number of benzene rings is 2. The van der Waals surface area contributed by atoms with Crippen LogP contribution in [0.5, 0.6) is 0 Å². The molecule has 2 heterocycles. The number of aromatic nitrogens is 3. The maximum Gasteiger partial charge on any atom is 0.229 e. The molecule has 0 aliphatic carbocycles. The quantitative estimate of drug-likeness (QED) is 0.760. The highest BCUT2D eigenvalue weighted by atomic mass is 16.2. The van der Waals surface area contributed by atoms with Gasteiger partial charge >= 0.3 is 0 Å². The maximum atomic E-state index is 13.0. The highest BCUT2D eigenvalue weighted by Crippen LogP contribution is 2.36. The highest BCUT2D eigenvalue weighted by molar-refractivity contribution is 5.96. The number of likely N-dealkylation sites (tertiary alicyclic amines) is 1. The lowest BCUT2D eigenvalue weighted by molar-refractivity contribution is -0.140. The van der Waals surface area contributed by atoms with E-state index in [1.54, 1.807) is 30.1 Å². The van der Waals surface area contributed by atoms with Crippen LogP contribution in [-0.2, 0) is 9.59 Å². The third-order valence-corrected chi connectivity index (χ3v) is 4.92. The normalized spacial score (nSPS) is 20.3. The van der Waals surface area contributed by atoms with Crippen LogP contribution < -0.4 is 5.32 Å². The van der Waals surface area contributed by atoms with Gasteiger partial charge in [-0.3, -0.25) is 9.59 Å². The molecule has 0 unspecified atom stereocenters. The van der Waals surface area contributed by atoms with Crippen LogP contribution in [-0.4, -0.2) is 39.2 Å². The summed E-state index contributed by atoms with van der Waals surface area (Å²) in [4.78, 5) is 26.9. The lowest BCUT2D eigenvalue weighted by Crippen LogP contribution is -2.44. The SMILES string of the molecule is CN1C(=O)CC[C@H](C(=O)Nc2ccc3n[nH]nc3c2)[C@@H]1c1ccccc1. The fourth-order valence-corrected chi connectivity index (χ4v) is 3.57. The zero-order valence-electron chi connectivity index (χ0n) is 14.3. The van der Waals surface area contributed by atoms with Gasteiger partial charge in [0.05, 0.1) is 12.0 Å². The van der Waals surface area contributed by atoms with Gasteiger partial charge in [-0.15, -0.1) is 0 Å². The molecule has 7 heteroatoms. The van der Waals surface area contributed by atoms with Crippen LogP contribution in [0.25, 0.3) is 11.0 Å². The first kappa shape index (κ1) is 16.3. The molecule has 2 amide bonds. The molecule has 4 rings (SSSR count). The van der Waals surface area contributed by atoms with Gasteiger partial charge in [-0.1, -0.05) is 30.3 Å². The van der Waals surface area contributed by atoms with Crippen LogP contribution >= 0.6 is 0 Å².